The minimum atomic E-state index is -0.311. The average molecular weight is 301 g/mol. The normalized spacial score (nSPS) is 10.0. The number of aromatic nitrogens is 1. The van der Waals surface area contributed by atoms with Crippen LogP contribution in [0.5, 0.6) is 11.5 Å². The number of nitrogens with zero attached hydrogens (tertiary/aromatic N) is 2. The number of anilines is 2. The van der Waals surface area contributed by atoms with Gasteiger partial charge in [-0.15, -0.1) is 0 Å². The Labute approximate surface area is 129 Å². The third kappa shape index (κ3) is 3.28. The van der Waals surface area contributed by atoms with E-state index in [-0.39, 0.29) is 5.91 Å². The highest BCUT2D eigenvalue weighted by atomic mass is 16.5. The average Bonchev–Trinajstić information content (AvgIpc) is 2.54. The maximum Gasteiger partial charge on any atom is 0.263 e. The van der Waals surface area contributed by atoms with E-state index < -0.39 is 0 Å². The topological polar surface area (TPSA) is 63.7 Å². The van der Waals surface area contributed by atoms with Gasteiger partial charge in [-0.2, -0.15) is 0 Å². The van der Waals surface area contributed by atoms with Crippen molar-refractivity contribution in [1.29, 1.82) is 0 Å². The van der Waals surface area contributed by atoms with Gasteiger partial charge in [-0.3, -0.25) is 4.79 Å². The van der Waals surface area contributed by atoms with Crippen LogP contribution in [0.25, 0.3) is 0 Å². The van der Waals surface area contributed by atoms with Crippen molar-refractivity contribution in [2.75, 3.05) is 38.5 Å². The predicted octanol–water partition coefficient (Wildman–Crippen LogP) is 2.42. The molecule has 0 atom stereocenters. The van der Waals surface area contributed by atoms with Crippen LogP contribution in [0.1, 0.15) is 10.4 Å². The lowest BCUT2D eigenvalue weighted by Gasteiger charge is -2.14. The Morgan fingerprint density at radius 3 is 2.18 bits per heavy atom. The zero-order valence-electron chi connectivity index (χ0n) is 13.1. The smallest absolute Gasteiger partial charge is 0.263 e. The molecule has 2 aromatic rings. The lowest BCUT2D eigenvalue weighted by molar-refractivity contribution is 0.102. The van der Waals surface area contributed by atoms with Crippen molar-refractivity contribution >= 4 is 17.4 Å². The number of hydrogen-bond acceptors (Lipinski definition) is 5. The van der Waals surface area contributed by atoms with E-state index in [2.05, 4.69) is 10.3 Å². The number of amides is 1. The summed E-state index contributed by atoms with van der Waals surface area (Å²) < 4.78 is 10.5. The van der Waals surface area contributed by atoms with Crippen molar-refractivity contribution in [3.63, 3.8) is 0 Å². The first-order valence-electron chi connectivity index (χ1n) is 6.72. The molecule has 116 valence electrons. The van der Waals surface area contributed by atoms with Crippen LogP contribution in [0, 0.1) is 0 Å². The SMILES string of the molecule is COc1cccc(OC)c1C(=O)Nc1ccc(N(C)C)nc1. The van der Waals surface area contributed by atoms with Crippen molar-refractivity contribution in [3.05, 3.63) is 42.1 Å². The highest BCUT2D eigenvalue weighted by molar-refractivity contribution is 6.08. The Morgan fingerprint density at radius 2 is 1.73 bits per heavy atom. The van der Waals surface area contributed by atoms with E-state index in [1.807, 2.05) is 25.1 Å². The Hall–Kier alpha value is -2.76. The molecule has 0 radical (unpaired) electrons. The van der Waals surface area contributed by atoms with Gasteiger partial charge in [0.15, 0.2) is 0 Å². The summed E-state index contributed by atoms with van der Waals surface area (Å²) >= 11 is 0. The van der Waals surface area contributed by atoms with E-state index in [0.29, 0.717) is 22.7 Å². The molecule has 2 rings (SSSR count). The van der Waals surface area contributed by atoms with Gasteiger partial charge in [-0.1, -0.05) is 6.07 Å². The highest BCUT2D eigenvalue weighted by Crippen LogP contribution is 2.29. The molecule has 0 aliphatic rings. The summed E-state index contributed by atoms with van der Waals surface area (Å²) in [5.41, 5.74) is 0.952. The molecule has 1 aromatic heterocycles. The van der Waals surface area contributed by atoms with Gasteiger partial charge >= 0.3 is 0 Å². The quantitative estimate of drug-likeness (QED) is 0.919. The van der Waals surface area contributed by atoms with Gasteiger partial charge in [-0.05, 0) is 24.3 Å². The molecule has 1 aromatic carbocycles. The van der Waals surface area contributed by atoms with Crippen LogP contribution in [0.2, 0.25) is 0 Å². The molecule has 0 saturated heterocycles. The van der Waals surface area contributed by atoms with Gasteiger partial charge in [0.05, 0.1) is 26.1 Å². The molecule has 1 amide bonds. The highest BCUT2D eigenvalue weighted by Gasteiger charge is 2.18. The minimum Gasteiger partial charge on any atom is -0.496 e. The molecule has 6 heteroatoms. The lowest BCUT2D eigenvalue weighted by atomic mass is 10.1. The van der Waals surface area contributed by atoms with Crippen molar-refractivity contribution in [2.45, 2.75) is 0 Å². The van der Waals surface area contributed by atoms with Crippen molar-refractivity contribution < 1.29 is 14.3 Å². The summed E-state index contributed by atoms with van der Waals surface area (Å²) in [5, 5.41) is 2.79. The fourth-order valence-corrected chi connectivity index (χ4v) is 1.99. The van der Waals surface area contributed by atoms with Gasteiger partial charge in [0.25, 0.3) is 5.91 Å². The van der Waals surface area contributed by atoms with Crippen molar-refractivity contribution in [2.24, 2.45) is 0 Å². The van der Waals surface area contributed by atoms with Gasteiger partial charge in [0, 0.05) is 14.1 Å². The molecule has 0 spiro atoms. The van der Waals surface area contributed by atoms with Crippen molar-refractivity contribution in [3.8, 4) is 11.5 Å². The number of ether oxygens (including phenoxy) is 2. The third-order valence-corrected chi connectivity index (χ3v) is 3.12. The van der Waals surface area contributed by atoms with Gasteiger partial charge in [0.2, 0.25) is 0 Å². The summed E-state index contributed by atoms with van der Waals surface area (Å²) in [5.74, 6) is 1.41. The number of hydrogen-bond donors (Lipinski definition) is 1. The Morgan fingerprint density at radius 1 is 1.09 bits per heavy atom. The molecule has 0 bridgehead atoms. The van der Waals surface area contributed by atoms with E-state index in [1.54, 1.807) is 30.5 Å². The van der Waals surface area contributed by atoms with Crippen molar-refractivity contribution in [1.82, 2.24) is 4.98 Å². The zero-order valence-corrected chi connectivity index (χ0v) is 13.1. The van der Waals surface area contributed by atoms with Crippen LogP contribution in [0.15, 0.2) is 36.5 Å². The maximum atomic E-state index is 12.5. The fourth-order valence-electron chi connectivity index (χ4n) is 1.99. The van der Waals surface area contributed by atoms with Gasteiger partial charge < -0.3 is 19.7 Å². The molecular formula is C16H19N3O3. The van der Waals surface area contributed by atoms with Crippen LogP contribution in [-0.4, -0.2) is 39.2 Å². The molecule has 0 aliphatic heterocycles. The van der Waals surface area contributed by atoms with E-state index in [1.165, 1.54) is 14.2 Å². The molecule has 0 fully saturated rings. The number of methoxy groups -OCH3 is 2. The first-order chi connectivity index (χ1) is 10.6. The second-order valence-corrected chi connectivity index (χ2v) is 4.79. The van der Waals surface area contributed by atoms with Crippen LogP contribution < -0.4 is 19.7 Å². The van der Waals surface area contributed by atoms with E-state index in [0.717, 1.165) is 5.82 Å². The molecule has 0 unspecified atom stereocenters. The van der Waals surface area contributed by atoms with Crippen LogP contribution in [-0.2, 0) is 0 Å². The number of rotatable bonds is 5. The van der Waals surface area contributed by atoms with Gasteiger partial charge in [0.1, 0.15) is 22.9 Å². The monoisotopic (exact) mass is 301 g/mol. The van der Waals surface area contributed by atoms with Crippen LogP contribution >= 0.6 is 0 Å². The summed E-state index contributed by atoms with van der Waals surface area (Å²) in [6, 6.07) is 8.81. The second kappa shape index (κ2) is 6.80. The fraction of sp³-hybridized carbons (Fsp3) is 0.250. The number of carbonyl (C=O) groups excluding carboxylic acids is 1. The third-order valence-electron chi connectivity index (χ3n) is 3.12. The number of nitrogens with one attached hydrogen (secondary N) is 1. The van der Waals surface area contributed by atoms with E-state index in [9.17, 15) is 4.79 Å². The number of carbonyl (C=O) groups is 1. The summed E-state index contributed by atoms with van der Waals surface area (Å²) in [6.45, 7) is 0. The molecule has 0 saturated carbocycles. The first-order valence-corrected chi connectivity index (χ1v) is 6.72. The Balaban J connectivity index is 2.25. The van der Waals surface area contributed by atoms with Gasteiger partial charge in [-0.25, -0.2) is 4.98 Å². The van der Waals surface area contributed by atoms with Crippen LogP contribution in [0.3, 0.4) is 0 Å². The molecule has 1 N–H and O–H groups in total. The minimum absolute atomic E-state index is 0.311. The summed E-state index contributed by atoms with van der Waals surface area (Å²) in [6.07, 6.45) is 1.61. The molecule has 22 heavy (non-hydrogen) atoms. The lowest BCUT2D eigenvalue weighted by Crippen LogP contribution is -2.15. The standard InChI is InChI=1S/C16H19N3O3/c1-19(2)14-9-8-11(10-17-14)18-16(20)15-12(21-3)6-5-7-13(15)22-4/h5-10H,1-4H3,(H,18,20). The summed E-state index contributed by atoms with van der Waals surface area (Å²) in [7, 11) is 6.83. The van der Waals surface area contributed by atoms with E-state index in [4.69, 9.17) is 9.47 Å². The second-order valence-electron chi connectivity index (χ2n) is 4.79. The molecule has 6 nitrogen and oxygen atoms in total. The molecule has 0 aliphatic carbocycles. The van der Waals surface area contributed by atoms with Crippen LogP contribution in [0.4, 0.5) is 11.5 Å². The largest absolute Gasteiger partial charge is 0.496 e. The molecule has 1 heterocycles. The zero-order chi connectivity index (χ0) is 16.1. The number of pyridine rings is 1. The predicted molar refractivity (Wildman–Crippen MR) is 86.1 cm³/mol. The molecular weight excluding hydrogens is 282 g/mol. The number of benzene rings is 1. The Kier molecular flexibility index (Phi) is 4.83. The Bertz CT molecular complexity index is 632. The first kappa shape index (κ1) is 15.6. The summed E-state index contributed by atoms with van der Waals surface area (Å²) in [4.78, 5) is 18.6. The maximum absolute atomic E-state index is 12.5. The van der Waals surface area contributed by atoms with E-state index >= 15 is 0 Å².